The minimum atomic E-state index is -1.07. The summed E-state index contributed by atoms with van der Waals surface area (Å²) < 4.78 is 10.7. The monoisotopic (exact) mass is 605 g/mol. The second-order valence-electron chi connectivity index (χ2n) is 5.89. The molecule has 0 spiro atoms. The molecular weight excluding hydrogens is 597 g/mol. The predicted molar refractivity (Wildman–Crippen MR) is 125 cm³/mol. The number of aromatic hydroxyl groups is 1. The molecule has 13 heteroatoms. The summed E-state index contributed by atoms with van der Waals surface area (Å²) in [5.74, 6) is -1.19. The Morgan fingerprint density at radius 1 is 1.22 bits per heavy atom. The fraction of sp³-hybridized carbons (Fsp3) is 0.0526. The first-order valence-corrected chi connectivity index (χ1v) is 10.8. The number of aromatic nitrogens is 1. The van der Waals surface area contributed by atoms with Crippen molar-refractivity contribution in [2.75, 3.05) is 12.4 Å². The quantitative estimate of drug-likeness (QED) is 0.152. The number of esters is 1. The van der Waals surface area contributed by atoms with Gasteiger partial charge in [0.2, 0.25) is 5.88 Å². The number of amides is 1. The molecular formula is C19H11Br2Cl2N3O6. The molecule has 166 valence electrons. The number of methoxy groups -OCH3 is 1. The topological polar surface area (TPSA) is 123 Å². The third-order valence-electron chi connectivity index (χ3n) is 3.87. The van der Waals surface area contributed by atoms with Crippen LogP contribution in [0.2, 0.25) is 10.0 Å². The molecule has 1 heterocycles. The van der Waals surface area contributed by atoms with Crippen molar-refractivity contribution in [3.05, 3.63) is 60.4 Å². The first-order chi connectivity index (χ1) is 15.2. The molecule has 2 aromatic carbocycles. The zero-order valence-electron chi connectivity index (χ0n) is 15.9. The number of hydrogen-bond donors (Lipinski definition) is 2. The number of oxime groups is 1. The van der Waals surface area contributed by atoms with Crippen molar-refractivity contribution in [1.29, 1.82) is 0 Å². The standard InChI is InChI=1S/C19H11Br2Cl2N3O6/c1-30-18(28)14-15(13-11(22)3-2-4-12(13)23)26-31-17(14)25-19(29)32-24-7-8-5-9(20)16(27)10(21)6-8/h2-7,27H,1H3,(H,25,29)/b24-7+. The van der Waals surface area contributed by atoms with Crippen molar-refractivity contribution in [2.45, 2.75) is 0 Å². The Balaban J connectivity index is 1.82. The van der Waals surface area contributed by atoms with Crippen LogP contribution in [0.25, 0.3) is 11.3 Å². The lowest BCUT2D eigenvalue weighted by molar-refractivity contribution is 0.0602. The number of rotatable bonds is 5. The third kappa shape index (κ3) is 5.23. The molecule has 1 aromatic heterocycles. The van der Waals surface area contributed by atoms with E-state index in [1.807, 2.05) is 0 Å². The maximum atomic E-state index is 12.3. The van der Waals surface area contributed by atoms with Gasteiger partial charge in [-0.3, -0.25) is 10.2 Å². The van der Waals surface area contributed by atoms with E-state index in [1.54, 1.807) is 30.3 Å². The van der Waals surface area contributed by atoms with Gasteiger partial charge in [-0.05, 0) is 61.7 Å². The van der Waals surface area contributed by atoms with E-state index in [-0.39, 0.29) is 38.5 Å². The van der Waals surface area contributed by atoms with Gasteiger partial charge < -0.3 is 14.4 Å². The average Bonchev–Trinajstić information content (AvgIpc) is 3.14. The van der Waals surface area contributed by atoms with Crippen LogP contribution in [0.3, 0.4) is 0 Å². The lowest BCUT2D eigenvalue weighted by atomic mass is 10.1. The molecule has 0 aliphatic carbocycles. The molecule has 2 N–H and O–H groups in total. The zero-order valence-corrected chi connectivity index (χ0v) is 20.5. The van der Waals surface area contributed by atoms with E-state index < -0.39 is 12.1 Å². The molecule has 32 heavy (non-hydrogen) atoms. The van der Waals surface area contributed by atoms with Gasteiger partial charge in [0.05, 0.1) is 32.3 Å². The fourth-order valence-corrected chi connectivity index (χ4v) is 4.27. The van der Waals surface area contributed by atoms with Crippen LogP contribution < -0.4 is 5.32 Å². The second kappa shape index (κ2) is 10.3. The van der Waals surface area contributed by atoms with Crippen molar-refractivity contribution in [3.63, 3.8) is 0 Å². The summed E-state index contributed by atoms with van der Waals surface area (Å²) in [5, 5.41) is 19.7. The highest BCUT2D eigenvalue weighted by Crippen LogP contribution is 2.38. The molecule has 0 saturated carbocycles. The Morgan fingerprint density at radius 3 is 2.44 bits per heavy atom. The van der Waals surface area contributed by atoms with Crippen molar-refractivity contribution in [3.8, 4) is 17.0 Å². The Labute approximate surface area is 207 Å². The van der Waals surface area contributed by atoms with Gasteiger partial charge >= 0.3 is 12.1 Å². The van der Waals surface area contributed by atoms with Crippen LogP contribution in [-0.4, -0.2) is 35.7 Å². The number of nitrogens with zero attached hydrogens (tertiary/aromatic N) is 2. The highest BCUT2D eigenvalue weighted by Gasteiger charge is 2.29. The number of carbonyl (C=O) groups excluding carboxylic acids is 2. The van der Waals surface area contributed by atoms with Crippen molar-refractivity contribution < 1.29 is 28.8 Å². The maximum absolute atomic E-state index is 12.3. The van der Waals surface area contributed by atoms with Gasteiger partial charge in [0.25, 0.3) is 0 Å². The predicted octanol–water partition coefficient (Wildman–Crippen LogP) is 6.25. The van der Waals surface area contributed by atoms with E-state index in [4.69, 9.17) is 37.3 Å². The number of halogens is 4. The van der Waals surface area contributed by atoms with Crippen LogP contribution in [0, 0.1) is 0 Å². The van der Waals surface area contributed by atoms with E-state index in [1.165, 1.54) is 6.21 Å². The number of phenolic OH excluding ortho intramolecular Hbond substituents is 1. The van der Waals surface area contributed by atoms with Crippen molar-refractivity contribution >= 4 is 79.2 Å². The van der Waals surface area contributed by atoms with Crippen LogP contribution >= 0.6 is 55.1 Å². The first kappa shape index (κ1) is 24.1. The summed E-state index contributed by atoms with van der Waals surface area (Å²) in [4.78, 5) is 29.2. The number of hydrogen-bond acceptors (Lipinski definition) is 8. The number of ether oxygens (including phenoxy) is 1. The largest absolute Gasteiger partial charge is 0.506 e. The number of nitrogens with one attached hydrogen (secondary N) is 1. The lowest BCUT2D eigenvalue weighted by Crippen LogP contribution is -2.14. The van der Waals surface area contributed by atoms with Gasteiger partial charge in [-0.15, -0.1) is 0 Å². The van der Waals surface area contributed by atoms with E-state index in [0.29, 0.717) is 14.5 Å². The number of carbonyl (C=O) groups is 2. The molecule has 0 saturated heterocycles. The minimum absolute atomic E-state index is 0.0101. The van der Waals surface area contributed by atoms with Gasteiger partial charge in [-0.25, -0.2) is 9.59 Å². The molecule has 3 rings (SSSR count). The molecule has 0 atom stereocenters. The SMILES string of the molecule is COC(=O)c1c(-c2c(Cl)cccc2Cl)noc1NC(=O)O/N=C/c1cc(Br)c(O)c(Br)c1. The lowest BCUT2D eigenvalue weighted by Gasteiger charge is -2.06. The molecule has 0 aliphatic heterocycles. The molecule has 3 aromatic rings. The molecule has 0 aliphatic rings. The number of phenols is 1. The number of anilines is 1. The summed E-state index contributed by atoms with van der Waals surface area (Å²) in [6, 6.07) is 7.82. The molecule has 1 amide bonds. The van der Waals surface area contributed by atoms with Crippen LogP contribution in [-0.2, 0) is 9.57 Å². The molecule has 0 unspecified atom stereocenters. The second-order valence-corrected chi connectivity index (χ2v) is 8.42. The van der Waals surface area contributed by atoms with Gasteiger partial charge in [0, 0.05) is 5.56 Å². The Bertz CT molecular complexity index is 1190. The Morgan fingerprint density at radius 2 is 1.84 bits per heavy atom. The van der Waals surface area contributed by atoms with Gasteiger partial charge in [-0.1, -0.05) is 39.6 Å². The zero-order chi connectivity index (χ0) is 23.4. The van der Waals surface area contributed by atoms with Crippen LogP contribution in [0.1, 0.15) is 15.9 Å². The van der Waals surface area contributed by atoms with E-state index in [2.05, 4.69) is 47.5 Å². The molecule has 0 bridgehead atoms. The molecule has 0 fully saturated rings. The highest BCUT2D eigenvalue weighted by atomic mass is 79.9. The van der Waals surface area contributed by atoms with Gasteiger partial charge in [0.1, 0.15) is 11.4 Å². The van der Waals surface area contributed by atoms with Crippen molar-refractivity contribution in [2.24, 2.45) is 5.16 Å². The van der Waals surface area contributed by atoms with Gasteiger partial charge in [-0.2, -0.15) is 0 Å². The smallest absolute Gasteiger partial charge is 0.440 e. The van der Waals surface area contributed by atoms with E-state index in [9.17, 15) is 14.7 Å². The van der Waals surface area contributed by atoms with Crippen LogP contribution in [0.4, 0.5) is 10.7 Å². The highest BCUT2D eigenvalue weighted by molar-refractivity contribution is 9.11. The molecule has 9 nitrogen and oxygen atoms in total. The van der Waals surface area contributed by atoms with E-state index in [0.717, 1.165) is 7.11 Å². The maximum Gasteiger partial charge on any atom is 0.440 e. The Hall–Kier alpha value is -2.60. The summed E-state index contributed by atoms with van der Waals surface area (Å²) in [7, 11) is 1.15. The minimum Gasteiger partial charge on any atom is -0.506 e. The summed E-state index contributed by atoms with van der Waals surface area (Å²) >= 11 is 18.7. The number of benzene rings is 2. The summed E-state index contributed by atoms with van der Waals surface area (Å²) in [6.45, 7) is 0. The normalized spacial score (nSPS) is 10.9. The van der Waals surface area contributed by atoms with Crippen molar-refractivity contribution in [1.82, 2.24) is 5.16 Å². The van der Waals surface area contributed by atoms with Crippen LogP contribution in [0.5, 0.6) is 5.75 Å². The van der Waals surface area contributed by atoms with Crippen LogP contribution in [0.15, 0.2) is 49.0 Å². The van der Waals surface area contributed by atoms with E-state index >= 15 is 0 Å². The van der Waals surface area contributed by atoms with Gasteiger partial charge in [0.15, 0.2) is 5.56 Å². The first-order valence-electron chi connectivity index (χ1n) is 8.44. The summed E-state index contributed by atoms with van der Waals surface area (Å²) in [5.41, 5.74) is 0.502. The molecule has 0 radical (unpaired) electrons. The Kier molecular flexibility index (Phi) is 7.77. The summed E-state index contributed by atoms with van der Waals surface area (Å²) in [6.07, 6.45) is 0.154. The fourth-order valence-electron chi connectivity index (χ4n) is 2.47. The average molecular weight is 608 g/mol. The third-order valence-corrected chi connectivity index (χ3v) is 5.71.